The molecule has 0 bridgehead atoms. The monoisotopic (exact) mass is 283 g/mol. The molecule has 2 atom stereocenters. The molecule has 1 aliphatic heterocycles. The van der Waals surface area contributed by atoms with Crippen LogP contribution in [0.25, 0.3) is 0 Å². The molecule has 1 aromatic rings. The van der Waals surface area contributed by atoms with Crippen LogP contribution in [0, 0.1) is 17.2 Å². The molecule has 21 heavy (non-hydrogen) atoms. The summed E-state index contributed by atoms with van der Waals surface area (Å²) in [7, 11) is 0. The number of hydrogen-bond donors (Lipinski definition) is 1. The topological polar surface area (TPSA) is 39.1 Å². The van der Waals surface area contributed by atoms with Crippen molar-refractivity contribution in [3.8, 4) is 6.07 Å². The number of benzene rings is 1. The van der Waals surface area contributed by atoms with Gasteiger partial charge in [-0.25, -0.2) is 0 Å². The Morgan fingerprint density at radius 1 is 1.29 bits per heavy atom. The molecule has 1 saturated carbocycles. The van der Waals surface area contributed by atoms with Crippen molar-refractivity contribution in [3.05, 3.63) is 35.4 Å². The Morgan fingerprint density at radius 3 is 2.62 bits per heavy atom. The highest BCUT2D eigenvalue weighted by molar-refractivity contribution is 5.32. The van der Waals surface area contributed by atoms with E-state index >= 15 is 0 Å². The maximum atomic E-state index is 8.92. The van der Waals surface area contributed by atoms with E-state index in [4.69, 9.17) is 5.26 Å². The molecule has 3 rings (SSSR count). The molecule has 2 fully saturated rings. The molecule has 2 aliphatic rings. The van der Waals surface area contributed by atoms with E-state index in [0.717, 1.165) is 17.5 Å². The van der Waals surface area contributed by atoms with Gasteiger partial charge in [0.25, 0.3) is 0 Å². The molecule has 0 aromatic heterocycles. The van der Waals surface area contributed by atoms with Crippen LogP contribution in [0.2, 0.25) is 0 Å². The van der Waals surface area contributed by atoms with E-state index in [0.29, 0.717) is 6.04 Å². The number of piperidine rings is 1. The van der Waals surface area contributed by atoms with Crippen molar-refractivity contribution in [3.63, 3.8) is 0 Å². The normalized spacial score (nSPS) is 23.8. The lowest BCUT2D eigenvalue weighted by Crippen LogP contribution is -2.40. The molecule has 112 valence electrons. The molecule has 1 saturated heterocycles. The van der Waals surface area contributed by atoms with E-state index in [2.05, 4.69) is 35.3 Å². The SMILES string of the molecule is CC(c1ccc(C#N)cc1)N(CC1CCCNC1)C1CC1. The van der Waals surface area contributed by atoms with Gasteiger partial charge in [0.15, 0.2) is 0 Å². The Balaban J connectivity index is 1.68. The van der Waals surface area contributed by atoms with Crippen LogP contribution in [-0.2, 0) is 0 Å². The zero-order valence-electron chi connectivity index (χ0n) is 12.9. The summed E-state index contributed by atoms with van der Waals surface area (Å²) in [4.78, 5) is 2.69. The Hall–Kier alpha value is -1.37. The molecule has 1 N–H and O–H groups in total. The second kappa shape index (κ2) is 6.60. The van der Waals surface area contributed by atoms with Crippen molar-refractivity contribution >= 4 is 0 Å². The summed E-state index contributed by atoms with van der Waals surface area (Å²) in [5, 5.41) is 12.5. The molecular weight excluding hydrogens is 258 g/mol. The van der Waals surface area contributed by atoms with Crippen molar-refractivity contribution in [2.75, 3.05) is 19.6 Å². The van der Waals surface area contributed by atoms with Gasteiger partial charge < -0.3 is 5.32 Å². The van der Waals surface area contributed by atoms with Crippen molar-refractivity contribution in [2.45, 2.75) is 44.7 Å². The predicted molar refractivity (Wildman–Crippen MR) is 84.9 cm³/mol. The van der Waals surface area contributed by atoms with Gasteiger partial charge in [0, 0.05) is 18.6 Å². The van der Waals surface area contributed by atoms with Crippen LogP contribution in [0.5, 0.6) is 0 Å². The number of nitrogens with one attached hydrogen (secondary N) is 1. The lowest BCUT2D eigenvalue weighted by Gasteiger charge is -2.34. The van der Waals surface area contributed by atoms with Crippen LogP contribution in [0.3, 0.4) is 0 Å². The van der Waals surface area contributed by atoms with E-state index < -0.39 is 0 Å². The summed E-state index contributed by atoms with van der Waals surface area (Å²) in [6.07, 6.45) is 5.37. The van der Waals surface area contributed by atoms with E-state index in [1.54, 1.807) is 0 Å². The lowest BCUT2D eigenvalue weighted by atomic mass is 9.97. The third-order valence-electron chi connectivity index (χ3n) is 4.90. The number of rotatable bonds is 5. The lowest BCUT2D eigenvalue weighted by molar-refractivity contribution is 0.154. The standard InChI is InChI=1S/C18H25N3/c1-14(17-6-4-15(11-19)5-7-17)21(18-8-9-18)13-16-3-2-10-20-12-16/h4-7,14,16,18,20H,2-3,8-10,12-13H2,1H3. The molecule has 0 radical (unpaired) electrons. The molecule has 1 heterocycles. The van der Waals surface area contributed by atoms with Gasteiger partial charge in [-0.15, -0.1) is 0 Å². The first-order valence-electron chi connectivity index (χ1n) is 8.24. The maximum Gasteiger partial charge on any atom is 0.0991 e. The highest BCUT2D eigenvalue weighted by Gasteiger charge is 2.34. The molecular formula is C18H25N3. The Morgan fingerprint density at radius 2 is 2.05 bits per heavy atom. The van der Waals surface area contributed by atoms with Crippen LogP contribution in [0.15, 0.2) is 24.3 Å². The molecule has 0 spiro atoms. The van der Waals surface area contributed by atoms with E-state index in [1.807, 2.05) is 12.1 Å². The average molecular weight is 283 g/mol. The fourth-order valence-corrected chi connectivity index (χ4v) is 3.44. The van der Waals surface area contributed by atoms with Crippen molar-refractivity contribution < 1.29 is 0 Å². The van der Waals surface area contributed by atoms with Gasteiger partial charge in [-0.05, 0) is 69.3 Å². The van der Waals surface area contributed by atoms with Crippen LogP contribution in [0.4, 0.5) is 0 Å². The van der Waals surface area contributed by atoms with E-state index in [-0.39, 0.29) is 0 Å². The third-order valence-corrected chi connectivity index (χ3v) is 4.90. The summed E-state index contributed by atoms with van der Waals surface area (Å²) in [5.41, 5.74) is 2.09. The first-order chi connectivity index (χ1) is 10.3. The number of nitrogens with zero attached hydrogens (tertiary/aromatic N) is 2. The zero-order chi connectivity index (χ0) is 14.7. The first kappa shape index (κ1) is 14.6. The van der Waals surface area contributed by atoms with Crippen LogP contribution in [0.1, 0.15) is 49.8 Å². The van der Waals surface area contributed by atoms with Crippen molar-refractivity contribution in [1.29, 1.82) is 5.26 Å². The fraction of sp³-hybridized carbons (Fsp3) is 0.611. The highest BCUT2D eigenvalue weighted by Crippen LogP contribution is 2.35. The van der Waals surface area contributed by atoms with Crippen LogP contribution >= 0.6 is 0 Å². The molecule has 1 aliphatic carbocycles. The van der Waals surface area contributed by atoms with Crippen molar-refractivity contribution in [2.24, 2.45) is 5.92 Å². The summed E-state index contributed by atoms with van der Waals surface area (Å²) in [5.74, 6) is 0.792. The first-order valence-corrected chi connectivity index (χ1v) is 8.24. The van der Waals surface area contributed by atoms with Crippen LogP contribution in [-0.4, -0.2) is 30.6 Å². The zero-order valence-corrected chi connectivity index (χ0v) is 12.9. The molecule has 0 amide bonds. The Labute approximate surface area is 128 Å². The van der Waals surface area contributed by atoms with Gasteiger partial charge in [-0.3, -0.25) is 4.90 Å². The Kier molecular flexibility index (Phi) is 4.57. The number of hydrogen-bond acceptors (Lipinski definition) is 3. The minimum absolute atomic E-state index is 0.451. The average Bonchev–Trinajstić information content (AvgIpc) is 3.38. The van der Waals surface area contributed by atoms with Gasteiger partial charge in [0.05, 0.1) is 11.6 Å². The summed E-state index contributed by atoms with van der Waals surface area (Å²) < 4.78 is 0. The maximum absolute atomic E-state index is 8.92. The predicted octanol–water partition coefficient (Wildman–Crippen LogP) is 3.08. The summed E-state index contributed by atoms with van der Waals surface area (Å²) in [6.45, 7) is 5.88. The Bertz CT molecular complexity index is 492. The van der Waals surface area contributed by atoms with Crippen molar-refractivity contribution in [1.82, 2.24) is 10.2 Å². The second-order valence-electron chi connectivity index (χ2n) is 6.55. The van der Waals surface area contributed by atoms with Crippen LogP contribution < -0.4 is 5.32 Å². The summed E-state index contributed by atoms with van der Waals surface area (Å²) >= 11 is 0. The molecule has 3 nitrogen and oxygen atoms in total. The van der Waals surface area contributed by atoms with Gasteiger partial charge in [0.2, 0.25) is 0 Å². The van der Waals surface area contributed by atoms with Gasteiger partial charge in [-0.1, -0.05) is 12.1 Å². The molecule has 3 heteroatoms. The minimum Gasteiger partial charge on any atom is -0.316 e. The fourth-order valence-electron chi connectivity index (χ4n) is 3.44. The quantitative estimate of drug-likeness (QED) is 0.902. The van der Waals surface area contributed by atoms with E-state index in [1.165, 1.54) is 50.9 Å². The second-order valence-corrected chi connectivity index (χ2v) is 6.55. The van der Waals surface area contributed by atoms with Gasteiger partial charge in [0.1, 0.15) is 0 Å². The minimum atomic E-state index is 0.451. The van der Waals surface area contributed by atoms with Gasteiger partial charge >= 0.3 is 0 Å². The summed E-state index contributed by atoms with van der Waals surface area (Å²) in [6, 6.07) is 11.6. The highest BCUT2D eigenvalue weighted by atomic mass is 15.2. The number of nitriles is 1. The third kappa shape index (κ3) is 3.64. The largest absolute Gasteiger partial charge is 0.316 e. The van der Waals surface area contributed by atoms with E-state index in [9.17, 15) is 0 Å². The molecule has 1 aromatic carbocycles. The molecule has 2 unspecified atom stereocenters. The van der Waals surface area contributed by atoms with Gasteiger partial charge in [-0.2, -0.15) is 5.26 Å². The smallest absolute Gasteiger partial charge is 0.0991 e.